The first-order valence-corrected chi connectivity index (χ1v) is 8.39. The summed E-state index contributed by atoms with van der Waals surface area (Å²) in [4.78, 5) is 30.3. The highest BCUT2D eigenvalue weighted by Gasteiger charge is 2.30. The Morgan fingerprint density at radius 2 is 1.96 bits per heavy atom. The van der Waals surface area contributed by atoms with E-state index in [0.29, 0.717) is 6.54 Å². The van der Waals surface area contributed by atoms with Crippen molar-refractivity contribution < 1.29 is 14.3 Å². The molecular weight excluding hydrogens is 318 g/mol. The summed E-state index contributed by atoms with van der Waals surface area (Å²) >= 11 is 0. The van der Waals surface area contributed by atoms with E-state index in [1.165, 1.54) is 0 Å². The van der Waals surface area contributed by atoms with Crippen molar-refractivity contribution in [3.8, 4) is 0 Å². The van der Waals surface area contributed by atoms with Crippen LogP contribution < -0.4 is 5.32 Å². The molecule has 0 saturated carbocycles. The van der Waals surface area contributed by atoms with Gasteiger partial charge in [0, 0.05) is 12.7 Å². The minimum absolute atomic E-state index is 0.0177. The van der Waals surface area contributed by atoms with E-state index in [1.54, 1.807) is 11.1 Å². The van der Waals surface area contributed by atoms with Crippen molar-refractivity contribution in [3.63, 3.8) is 0 Å². The summed E-state index contributed by atoms with van der Waals surface area (Å²) < 4.78 is 5.12. The Morgan fingerprint density at radius 1 is 1.16 bits per heavy atom. The van der Waals surface area contributed by atoms with Crippen LogP contribution in [0.4, 0.5) is 4.79 Å². The van der Waals surface area contributed by atoms with Gasteiger partial charge in [-0.2, -0.15) is 0 Å². The van der Waals surface area contributed by atoms with E-state index in [4.69, 9.17) is 4.74 Å². The van der Waals surface area contributed by atoms with Gasteiger partial charge >= 0.3 is 6.09 Å². The molecule has 130 valence electrons. The Morgan fingerprint density at radius 3 is 2.72 bits per heavy atom. The molecule has 1 aromatic heterocycles. The molecule has 3 rings (SSSR count). The van der Waals surface area contributed by atoms with Crippen molar-refractivity contribution in [2.45, 2.75) is 25.5 Å². The second kappa shape index (κ2) is 8.28. The maximum Gasteiger partial charge on any atom is 0.407 e. The van der Waals surface area contributed by atoms with Gasteiger partial charge in [0.1, 0.15) is 13.2 Å². The van der Waals surface area contributed by atoms with E-state index in [0.717, 1.165) is 24.1 Å². The minimum atomic E-state index is -0.592. The average Bonchev–Trinajstić information content (AvgIpc) is 3.16. The smallest absolute Gasteiger partial charge is 0.407 e. The number of nitrogens with one attached hydrogen (secondary N) is 1. The van der Waals surface area contributed by atoms with Gasteiger partial charge in [-0.1, -0.05) is 36.4 Å². The molecule has 25 heavy (non-hydrogen) atoms. The Balaban J connectivity index is 1.47. The van der Waals surface area contributed by atoms with Gasteiger partial charge in [-0.15, -0.1) is 0 Å². The van der Waals surface area contributed by atoms with E-state index < -0.39 is 6.09 Å². The number of carbonyl (C=O) groups is 2. The van der Waals surface area contributed by atoms with Gasteiger partial charge < -0.3 is 15.0 Å². The summed E-state index contributed by atoms with van der Waals surface area (Å²) in [7, 11) is 0. The quantitative estimate of drug-likeness (QED) is 0.909. The molecule has 1 atom stereocenters. The van der Waals surface area contributed by atoms with Gasteiger partial charge in [0.15, 0.2) is 0 Å². The van der Waals surface area contributed by atoms with Crippen molar-refractivity contribution in [1.29, 1.82) is 0 Å². The lowest BCUT2D eigenvalue weighted by Gasteiger charge is -2.24. The van der Waals surface area contributed by atoms with E-state index in [2.05, 4.69) is 10.3 Å². The van der Waals surface area contributed by atoms with Crippen LogP contribution in [0.25, 0.3) is 0 Å². The third-order valence-corrected chi connectivity index (χ3v) is 4.20. The predicted octanol–water partition coefficient (Wildman–Crippen LogP) is 2.67. The molecule has 1 aliphatic rings. The maximum atomic E-state index is 12.4. The molecule has 0 spiro atoms. The fraction of sp³-hybridized carbons (Fsp3) is 0.316. The third kappa shape index (κ3) is 4.56. The molecule has 2 amide bonds. The number of hydrogen-bond acceptors (Lipinski definition) is 4. The molecule has 1 aromatic carbocycles. The fourth-order valence-corrected chi connectivity index (χ4v) is 2.97. The number of pyridine rings is 1. The molecule has 0 bridgehead atoms. The van der Waals surface area contributed by atoms with Crippen molar-refractivity contribution >= 4 is 12.0 Å². The van der Waals surface area contributed by atoms with Gasteiger partial charge in [-0.25, -0.2) is 4.79 Å². The molecule has 1 unspecified atom stereocenters. The van der Waals surface area contributed by atoms with E-state index >= 15 is 0 Å². The molecule has 1 saturated heterocycles. The molecule has 6 heteroatoms. The molecule has 6 nitrogen and oxygen atoms in total. The van der Waals surface area contributed by atoms with Crippen LogP contribution in [0.1, 0.15) is 30.1 Å². The van der Waals surface area contributed by atoms with Crippen LogP contribution in [0.2, 0.25) is 0 Å². The minimum Gasteiger partial charge on any atom is -0.445 e. The largest absolute Gasteiger partial charge is 0.445 e. The fourth-order valence-electron chi connectivity index (χ4n) is 2.97. The number of nitrogens with zero attached hydrogens (tertiary/aromatic N) is 2. The zero-order valence-electron chi connectivity index (χ0n) is 13.9. The Kier molecular flexibility index (Phi) is 5.61. The first-order valence-electron chi connectivity index (χ1n) is 8.39. The lowest BCUT2D eigenvalue weighted by molar-refractivity contribution is -0.131. The molecule has 1 N–H and O–H groups in total. The lowest BCUT2D eigenvalue weighted by Crippen LogP contribution is -2.40. The number of benzene rings is 1. The molecule has 1 fully saturated rings. The number of rotatable bonds is 5. The summed E-state index contributed by atoms with van der Waals surface area (Å²) in [6.45, 7) is 0.791. The van der Waals surface area contributed by atoms with Gasteiger partial charge in [-0.3, -0.25) is 9.78 Å². The first kappa shape index (κ1) is 17.0. The molecular formula is C19H21N3O3. The van der Waals surface area contributed by atoms with E-state index in [-0.39, 0.29) is 25.1 Å². The highest BCUT2D eigenvalue weighted by molar-refractivity contribution is 5.82. The SMILES string of the molecule is O=C(NCC(=O)N1CCCC1c1ccccn1)OCc1ccccc1. The molecule has 0 radical (unpaired) electrons. The number of likely N-dealkylation sites (tertiary alicyclic amines) is 1. The van der Waals surface area contributed by atoms with Crippen molar-refractivity contribution in [2.24, 2.45) is 0 Å². The van der Waals surface area contributed by atoms with Crippen molar-refractivity contribution in [2.75, 3.05) is 13.1 Å². The van der Waals surface area contributed by atoms with Crippen LogP contribution in [0.5, 0.6) is 0 Å². The first-order chi connectivity index (χ1) is 12.2. The van der Waals surface area contributed by atoms with Crippen LogP contribution in [0.3, 0.4) is 0 Å². The Bertz CT molecular complexity index is 706. The second-order valence-corrected chi connectivity index (χ2v) is 5.92. The van der Waals surface area contributed by atoms with E-state index in [1.807, 2.05) is 48.5 Å². The number of ether oxygens (including phenoxy) is 1. The van der Waals surface area contributed by atoms with Crippen LogP contribution in [-0.2, 0) is 16.1 Å². The average molecular weight is 339 g/mol. The lowest BCUT2D eigenvalue weighted by atomic mass is 10.1. The highest BCUT2D eigenvalue weighted by Crippen LogP contribution is 2.30. The number of alkyl carbamates (subject to hydrolysis) is 1. The number of hydrogen-bond donors (Lipinski definition) is 1. The number of amides is 2. The highest BCUT2D eigenvalue weighted by atomic mass is 16.5. The Hall–Kier alpha value is -2.89. The summed E-state index contributed by atoms with van der Waals surface area (Å²) in [5.74, 6) is -0.121. The van der Waals surface area contributed by atoms with Crippen molar-refractivity contribution in [1.82, 2.24) is 15.2 Å². The normalized spacial score (nSPS) is 16.5. The van der Waals surface area contributed by atoms with Crippen LogP contribution >= 0.6 is 0 Å². The van der Waals surface area contributed by atoms with Gasteiger partial charge in [-0.05, 0) is 30.5 Å². The molecule has 2 heterocycles. The van der Waals surface area contributed by atoms with Gasteiger partial charge in [0.2, 0.25) is 5.91 Å². The zero-order chi connectivity index (χ0) is 17.5. The topological polar surface area (TPSA) is 71.5 Å². The predicted molar refractivity (Wildman–Crippen MR) is 92.6 cm³/mol. The van der Waals surface area contributed by atoms with Crippen molar-refractivity contribution in [3.05, 3.63) is 66.0 Å². The summed E-state index contributed by atoms with van der Waals surface area (Å²) in [6.07, 6.45) is 2.97. The summed E-state index contributed by atoms with van der Waals surface area (Å²) in [5.41, 5.74) is 1.79. The van der Waals surface area contributed by atoms with Crippen LogP contribution in [0.15, 0.2) is 54.7 Å². The summed E-state index contributed by atoms with van der Waals surface area (Å²) in [6, 6.07) is 15.1. The van der Waals surface area contributed by atoms with E-state index in [9.17, 15) is 9.59 Å². The molecule has 1 aliphatic heterocycles. The van der Waals surface area contributed by atoms with Gasteiger partial charge in [0.25, 0.3) is 0 Å². The second-order valence-electron chi connectivity index (χ2n) is 5.92. The van der Waals surface area contributed by atoms with Crippen LogP contribution in [0, 0.1) is 0 Å². The Labute approximate surface area is 146 Å². The maximum absolute atomic E-state index is 12.4. The zero-order valence-corrected chi connectivity index (χ0v) is 13.9. The standard InChI is InChI=1S/C19H21N3O3/c23-18(13-21-19(24)25-14-15-7-2-1-3-8-15)22-12-6-10-17(22)16-9-4-5-11-20-16/h1-5,7-9,11,17H,6,10,12-14H2,(H,21,24). The van der Waals surface area contributed by atoms with Gasteiger partial charge in [0.05, 0.1) is 11.7 Å². The van der Waals surface area contributed by atoms with Crippen LogP contribution in [-0.4, -0.2) is 35.0 Å². The number of aromatic nitrogens is 1. The molecule has 2 aromatic rings. The monoisotopic (exact) mass is 339 g/mol. The summed E-state index contributed by atoms with van der Waals surface area (Å²) in [5, 5.41) is 2.53. The number of carbonyl (C=O) groups excluding carboxylic acids is 2. The molecule has 0 aliphatic carbocycles. The third-order valence-electron chi connectivity index (χ3n) is 4.20.